The minimum atomic E-state index is -0.256. The van der Waals surface area contributed by atoms with Crippen molar-refractivity contribution in [3.05, 3.63) is 34.5 Å². The van der Waals surface area contributed by atoms with Crippen LogP contribution in [0.5, 0.6) is 0 Å². The number of nitrogens with one attached hydrogen (secondary N) is 1. The fraction of sp³-hybridized carbons (Fsp3) is 0.562. The first-order valence-corrected chi connectivity index (χ1v) is 7.73. The van der Waals surface area contributed by atoms with Gasteiger partial charge in [-0.1, -0.05) is 30.7 Å². The maximum Gasteiger partial charge on any atom is 0.151 e. The van der Waals surface area contributed by atoms with E-state index in [2.05, 4.69) is 10.2 Å². The molecule has 0 amide bonds. The topological polar surface area (TPSA) is 32.3 Å². The number of hydrogen-bond donors (Lipinski definition) is 1. The number of likely N-dealkylation sites (tertiary alicyclic amines) is 1. The lowest BCUT2D eigenvalue weighted by molar-refractivity contribution is -0.104. The number of hydrogen-bond acceptors (Lipinski definition) is 3. The molecule has 0 atom stereocenters. The van der Waals surface area contributed by atoms with E-state index in [1.165, 1.54) is 0 Å². The van der Waals surface area contributed by atoms with Crippen LogP contribution in [0.1, 0.15) is 26.7 Å². The lowest BCUT2D eigenvalue weighted by atomic mass is 10.1. The molecule has 1 fully saturated rings. The normalized spacial score (nSPS) is 18.6. The molecule has 1 aliphatic heterocycles. The van der Waals surface area contributed by atoms with Crippen molar-refractivity contribution in [1.29, 1.82) is 0 Å². The van der Waals surface area contributed by atoms with E-state index in [0.717, 1.165) is 38.0 Å². The number of aldehydes is 1. The van der Waals surface area contributed by atoms with Crippen LogP contribution < -0.4 is 5.32 Å². The number of nitrogens with zero attached hydrogens (tertiary/aromatic N) is 1. The SMILES string of the molecule is CC/C=C/C(C=O)=C(Cl)\C=C(/C)NC1CN(CCCF)C1. The summed E-state index contributed by atoms with van der Waals surface area (Å²) in [5, 5.41) is 3.79. The summed E-state index contributed by atoms with van der Waals surface area (Å²) in [6.07, 6.45) is 7.64. The summed E-state index contributed by atoms with van der Waals surface area (Å²) in [5.74, 6) is 0. The van der Waals surface area contributed by atoms with Crippen molar-refractivity contribution in [3.8, 4) is 0 Å². The van der Waals surface area contributed by atoms with Gasteiger partial charge in [-0.15, -0.1) is 0 Å². The molecule has 1 heterocycles. The van der Waals surface area contributed by atoms with Crippen LogP contribution in [0.15, 0.2) is 34.5 Å². The van der Waals surface area contributed by atoms with Crippen molar-refractivity contribution < 1.29 is 9.18 Å². The van der Waals surface area contributed by atoms with E-state index in [1.807, 2.05) is 19.9 Å². The highest BCUT2D eigenvalue weighted by molar-refractivity contribution is 6.33. The number of rotatable bonds is 9. The van der Waals surface area contributed by atoms with Gasteiger partial charge in [0.15, 0.2) is 6.29 Å². The number of allylic oxidation sites excluding steroid dienone is 6. The summed E-state index contributed by atoms with van der Waals surface area (Å²) in [6.45, 7) is 6.33. The molecular formula is C16H24ClFN2O. The molecule has 0 spiro atoms. The molecule has 0 unspecified atom stereocenters. The second-order valence-corrected chi connectivity index (χ2v) is 5.61. The minimum Gasteiger partial charge on any atom is -0.383 e. The zero-order valence-electron chi connectivity index (χ0n) is 12.7. The van der Waals surface area contributed by atoms with Crippen LogP contribution in [0.3, 0.4) is 0 Å². The Morgan fingerprint density at radius 3 is 2.76 bits per heavy atom. The van der Waals surface area contributed by atoms with Gasteiger partial charge in [0.05, 0.1) is 17.7 Å². The van der Waals surface area contributed by atoms with Crippen molar-refractivity contribution in [1.82, 2.24) is 10.2 Å². The van der Waals surface area contributed by atoms with E-state index in [1.54, 1.807) is 12.2 Å². The van der Waals surface area contributed by atoms with Gasteiger partial charge >= 0.3 is 0 Å². The molecule has 1 aliphatic rings. The van der Waals surface area contributed by atoms with Crippen molar-refractivity contribution >= 4 is 17.9 Å². The van der Waals surface area contributed by atoms with Gasteiger partial charge in [0.2, 0.25) is 0 Å². The van der Waals surface area contributed by atoms with Crippen LogP contribution in [-0.2, 0) is 4.79 Å². The maximum absolute atomic E-state index is 12.1. The van der Waals surface area contributed by atoms with Crippen molar-refractivity contribution in [2.45, 2.75) is 32.7 Å². The van der Waals surface area contributed by atoms with Crippen LogP contribution in [-0.4, -0.2) is 43.5 Å². The van der Waals surface area contributed by atoms with Crippen LogP contribution in [0, 0.1) is 0 Å². The van der Waals surface area contributed by atoms with Gasteiger partial charge in [-0.2, -0.15) is 0 Å². The van der Waals surface area contributed by atoms with E-state index in [4.69, 9.17) is 11.6 Å². The second kappa shape index (κ2) is 9.74. The average Bonchev–Trinajstić information content (AvgIpc) is 2.42. The first kappa shape index (κ1) is 17.9. The van der Waals surface area contributed by atoms with E-state index in [0.29, 0.717) is 23.1 Å². The fourth-order valence-corrected chi connectivity index (χ4v) is 2.46. The molecule has 0 aromatic heterocycles. The first-order valence-electron chi connectivity index (χ1n) is 7.35. The van der Waals surface area contributed by atoms with Gasteiger partial charge in [-0.05, 0) is 25.8 Å². The van der Waals surface area contributed by atoms with Gasteiger partial charge in [0.1, 0.15) is 0 Å². The van der Waals surface area contributed by atoms with Crippen LogP contribution in [0.2, 0.25) is 0 Å². The Kier molecular flexibility index (Phi) is 8.31. The molecule has 1 rings (SSSR count). The molecule has 0 aromatic rings. The quantitative estimate of drug-likeness (QED) is 0.403. The number of halogens is 2. The molecule has 5 heteroatoms. The highest BCUT2D eigenvalue weighted by Crippen LogP contribution is 2.15. The Morgan fingerprint density at radius 2 is 2.19 bits per heavy atom. The molecule has 0 bridgehead atoms. The first-order chi connectivity index (χ1) is 10.1. The van der Waals surface area contributed by atoms with E-state index in [9.17, 15) is 9.18 Å². The van der Waals surface area contributed by atoms with Crippen molar-refractivity contribution in [2.24, 2.45) is 0 Å². The van der Waals surface area contributed by atoms with E-state index < -0.39 is 0 Å². The summed E-state index contributed by atoms with van der Waals surface area (Å²) >= 11 is 6.15. The zero-order chi connectivity index (χ0) is 15.7. The monoisotopic (exact) mass is 314 g/mol. The molecule has 1 saturated heterocycles. The van der Waals surface area contributed by atoms with Crippen molar-refractivity contribution in [2.75, 3.05) is 26.3 Å². The standard InChI is InChI=1S/C16H24ClFN2O/c1-3-4-6-14(12-21)16(17)9-13(2)19-15-10-20(11-15)8-5-7-18/h4,6,9,12,15,19H,3,5,7-8,10-11H2,1-2H3/b6-4+,13-9+,16-14-. The maximum atomic E-state index is 12.1. The molecule has 0 radical (unpaired) electrons. The third-order valence-corrected chi connectivity index (χ3v) is 3.60. The predicted molar refractivity (Wildman–Crippen MR) is 86.1 cm³/mol. The van der Waals surface area contributed by atoms with Gasteiger partial charge in [-0.3, -0.25) is 14.1 Å². The molecule has 3 nitrogen and oxygen atoms in total. The smallest absolute Gasteiger partial charge is 0.151 e. The summed E-state index contributed by atoms with van der Waals surface area (Å²) in [5.41, 5.74) is 1.41. The summed E-state index contributed by atoms with van der Waals surface area (Å²) in [6, 6.07) is 0.371. The Balaban J connectivity index is 2.48. The highest BCUT2D eigenvalue weighted by atomic mass is 35.5. The van der Waals surface area contributed by atoms with Gasteiger partial charge in [0.25, 0.3) is 0 Å². The largest absolute Gasteiger partial charge is 0.383 e. The Labute approximate surface area is 131 Å². The van der Waals surface area contributed by atoms with Gasteiger partial charge in [-0.25, -0.2) is 0 Å². The molecule has 0 aliphatic carbocycles. The number of carbonyl (C=O) groups excluding carboxylic acids is 1. The molecule has 21 heavy (non-hydrogen) atoms. The fourth-order valence-electron chi connectivity index (χ4n) is 2.18. The molecular weight excluding hydrogens is 291 g/mol. The second-order valence-electron chi connectivity index (χ2n) is 5.20. The number of alkyl halides is 1. The summed E-state index contributed by atoms with van der Waals surface area (Å²) in [4.78, 5) is 13.2. The Morgan fingerprint density at radius 1 is 1.48 bits per heavy atom. The van der Waals surface area contributed by atoms with E-state index in [-0.39, 0.29) is 6.67 Å². The van der Waals surface area contributed by atoms with Crippen LogP contribution in [0.25, 0.3) is 0 Å². The lowest BCUT2D eigenvalue weighted by Gasteiger charge is -2.40. The minimum absolute atomic E-state index is 0.256. The van der Waals surface area contributed by atoms with Gasteiger partial charge in [0, 0.05) is 30.9 Å². The Hall–Kier alpha value is -1.13. The zero-order valence-corrected chi connectivity index (χ0v) is 13.5. The Bertz CT molecular complexity index is 426. The highest BCUT2D eigenvalue weighted by Gasteiger charge is 2.25. The summed E-state index contributed by atoms with van der Waals surface area (Å²) < 4.78 is 12.1. The predicted octanol–water partition coefficient (Wildman–Crippen LogP) is 3.18. The summed E-state index contributed by atoms with van der Waals surface area (Å²) in [7, 11) is 0. The average molecular weight is 315 g/mol. The van der Waals surface area contributed by atoms with Crippen LogP contribution in [0.4, 0.5) is 4.39 Å². The lowest BCUT2D eigenvalue weighted by Crippen LogP contribution is -2.57. The molecule has 118 valence electrons. The van der Waals surface area contributed by atoms with E-state index >= 15 is 0 Å². The third kappa shape index (κ3) is 6.44. The third-order valence-electron chi connectivity index (χ3n) is 3.28. The van der Waals surface area contributed by atoms with Crippen molar-refractivity contribution in [3.63, 3.8) is 0 Å². The number of carbonyl (C=O) groups is 1. The molecule has 0 saturated carbocycles. The van der Waals surface area contributed by atoms with Crippen LogP contribution >= 0.6 is 11.6 Å². The molecule has 1 N–H and O–H groups in total. The molecule has 0 aromatic carbocycles. The van der Waals surface area contributed by atoms with Gasteiger partial charge < -0.3 is 5.32 Å².